The van der Waals surface area contributed by atoms with Crippen molar-refractivity contribution in [1.29, 1.82) is 0 Å². The number of carbonyl (C=O) groups excluding carboxylic acids is 2. The van der Waals surface area contributed by atoms with Gasteiger partial charge in [-0.1, -0.05) is 54.8 Å². The van der Waals surface area contributed by atoms with E-state index in [4.69, 9.17) is 0 Å². The standard InChI is InChI=1S/C24H31FN2O2/c1-5-6-11-26-24(29)19(4)27(16-20-7-9-22(25)10-8-20)23(28)15-21-13-17(2)12-18(3)14-21/h7-10,12-14,19H,5-6,11,15-16H2,1-4H3,(H,26,29)/t19-/m0/s1. The first-order valence-corrected chi connectivity index (χ1v) is 10.2. The predicted molar refractivity (Wildman–Crippen MR) is 114 cm³/mol. The van der Waals surface area contributed by atoms with Crippen LogP contribution in [0.4, 0.5) is 4.39 Å². The number of aryl methyl sites for hydroxylation is 2. The topological polar surface area (TPSA) is 49.4 Å². The van der Waals surface area contributed by atoms with Crippen LogP contribution in [0.2, 0.25) is 0 Å². The lowest BCUT2D eigenvalue weighted by Gasteiger charge is -2.29. The van der Waals surface area contributed by atoms with Crippen LogP contribution in [0.25, 0.3) is 0 Å². The van der Waals surface area contributed by atoms with Crippen molar-refractivity contribution in [2.75, 3.05) is 6.54 Å². The number of amides is 2. The highest BCUT2D eigenvalue weighted by Gasteiger charge is 2.26. The second-order valence-corrected chi connectivity index (χ2v) is 7.64. The molecule has 0 fully saturated rings. The molecular weight excluding hydrogens is 367 g/mol. The fourth-order valence-corrected chi connectivity index (χ4v) is 3.35. The van der Waals surface area contributed by atoms with Crippen LogP contribution in [0.5, 0.6) is 0 Å². The summed E-state index contributed by atoms with van der Waals surface area (Å²) in [5.41, 5.74) is 3.91. The quantitative estimate of drug-likeness (QED) is 0.640. The lowest BCUT2D eigenvalue weighted by atomic mass is 10.0. The molecular formula is C24H31FN2O2. The highest BCUT2D eigenvalue weighted by molar-refractivity contribution is 5.88. The van der Waals surface area contributed by atoms with E-state index >= 15 is 0 Å². The van der Waals surface area contributed by atoms with E-state index in [-0.39, 0.29) is 30.6 Å². The van der Waals surface area contributed by atoms with Crippen molar-refractivity contribution in [1.82, 2.24) is 10.2 Å². The number of hydrogen-bond donors (Lipinski definition) is 1. The zero-order chi connectivity index (χ0) is 21.4. The Bertz CT molecular complexity index is 813. The van der Waals surface area contributed by atoms with Gasteiger partial charge in [0.2, 0.25) is 11.8 Å². The van der Waals surface area contributed by atoms with Gasteiger partial charge in [-0.2, -0.15) is 0 Å². The molecule has 0 aliphatic rings. The molecule has 0 saturated carbocycles. The molecule has 0 unspecified atom stereocenters. The van der Waals surface area contributed by atoms with Gasteiger partial charge in [-0.05, 0) is 50.5 Å². The SMILES string of the molecule is CCCCNC(=O)[C@H](C)N(Cc1ccc(F)cc1)C(=O)Cc1cc(C)cc(C)c1. The average Bonchev–Trinajstić information content (AvgIpc) is 2.66. The molecule has 0 aromatic heterocycles. The van der Waals surface area contributed by atoms with E-state index in [9.17, 15) is 14.0 Å². The van der Waals surface area contributed by atoms with Gasteiger partial charge in [0.05, 0.1) is 6.42 Å². The number of hydrogen-bond acceptors (Lipinski definition) is 2. The van der Waals surface area contributed by atoms with Crippen molar-refractivity contribution >= 4 is 11.8 Å². The average molecular weight is 399 g/mol. The molecule has 0 spiro atoms. The highest BCUT2D eigenvalue weighted by atomic mass is 19.1. The molecule has 2 amide bonds. The minimum Gasteiger partial charge on any atom is -0.354 e. The Hall–Kier alpha value is -2.69. The number of carbonyl (C=O) groups is 2. The number of halogens is 1. The van der Waals surface area contributed by atoms with Crippen LogP contribution < -0.4 is 5.32 Å². The van der Waals surface area contributed by atoms with Gasteiger partial charge in [-0.25, -0.2) is 4.39 Å². The summed E-state index contributed by atoms with van der Waals surface area (Å²) in [6, 6.07) is 11.5. The minimum absolute atomic E-state index is 0.127. The van der Waals surface area contributed by atoms with Crippen molar-refractivity contribution in [2.45, 2.75) is 59.5 Å². The van der Waals surface area contributed by atoms with E-state index in [0.29, 0.717) is 6.54 Å². The zero-order valence-electron chi connectivity index (χ0n) is 17.8. The Morgan fingerprint density at radius 3 is 2.24 bits per heavy atom. The number of unbranched alkanes of at least 4 members (excludes halogenated alkanes) is 1. The number of benzene rings is 2. The van der Waals surface area contributed by atoms with E-state index in [0.717, 1.165) is 35.1 Å². The van der Waals surface area contributed by atoms with Crippen LogP contribution >= 0.6 is 0 Å². The lowest BCUT2D eigenvalue weighted by molar-refractivity contribution is -0.140. The van der Waals surface area contributed by atoms with Crippen molar-refractivity contribution in [3.8, 4) is 0 Å². The fourth-order valence-electron chi connectivity index (χ4n) is 3.35. The smallest absolute Gasteiger partial charge is 0.242 e. The zero-order valence-corrected chi connectivity index (χ0v) is 17.8. The minimum atomic E-state index is -0.615. The molecule has 2 aromatic rings. The Morgan fingerprint density at radius 1 is 1.03 bits per heavy atom. The summed E-state index contributed by atoms with van der Waals surface area (Å²) in [6.45, 7) is 8.65. The molecule has 0 aliphatic heterocycles. The van der Waals surface area contributed by atoms with Gasteiger partial charge in [-0.3, -0.25) is 9.59 Å². The number of nitrogens with zero attached hydrogens (tertiary/aromatic N) is 1. The lowest BCUT2D eigenvalue weighted by Crippen LogP contribution is -2.48. The normalized spacial score (nSPS) is 11.8. The molecule has 5 heteroatoms. The van der Waals surface area contributed by atoms with Gasteiger partial charge in [0.1, 0.15) is 11.9 Å². The Balaban J connectivity index is 2.20. The Kier molecular flexibility index (Phi) is 8.37. The van der Waals surface area contributed by atoms with E-state index < -0.39 is 6.04 Å². The maximum atomic E-state index is 13.3. The van der Waals surface area contributed by atoms with Gasteiger partial charge in [0, 0.05) is 13.1 Å². The van der Waals surface area contributed by atoms with Crippen molar-refractivity contribution < 1.29 is 14.0 Å². The first kappa shape index (κ1) is 22.6. The van der Waals surface area contributed by atoms with Gasteiger partial charge in [-0.15, -0.1) is 0 Å². The molecule has 2 rings (SSSR count). The van der Waals surface area contributed by atoms with E-state index in [1.54, 1.807) is 24.0 Å². The second-order valence-electron chi connectivity index (χ2n) is 7.64. The summed E-state index contributed by atoms with van der Waals surface area (Å²) in [7, 11) is 0. The van der Waals surface area contributed by atoms with Crippen molar-refractivity contribution in [3.63, 3.8) is 0 Å². The number of rotatable bonds is 9. The molecule has 2 aromatic carbocycles. The van der Waals surface area contributed by atoms with E-state index in [1.165, 1.54) is 12.1 Å². The van der Waals surface area contributed by atoms with Crippen molar-refractivity contribution in [2.24, 2.45) is 0 Å². The summed E-state index contributed by atoms with van der Waals surface area (Å²) in [5.74, 6) is -0.626. The molecule has 1 N–H and O–H groups in total. The second kappa shape index (κ2) is 10.7. The first-order chi connectivity index (χ1) is 13.8. The molecule has 1 atom stereocenters. The monoisotopic (exact) mass is 398 g/mol. The third-order valence-electron chi connectivity index (χ3n) is 4.90. The van der Waals surface area contributed by atoms with Crippen LogP contribution in [-0.4, -0.2) is 29.3 Å². The maximum Gasteiger partial charge on any atom is 0.242 e. The summed E-state index contributed by atoms with van der Waals surface area (Å²) >= 11 is 0. The van der Waals surface area contributed by atoms with Gasteiger partial charge >= 0.3 is 0 Å². The molecule has 156 valence electrons. The molecule has 0 radical (unpaired) electrons. The summed E-state index contributed by atoms with van der Waals surface area (Å²) in [6.07, 6.45) is 2.10. The molecule has 0 bridgehead atoms. The maximum absolute atomic E-state index is 13.3. The highest BCUT2D eigenvalue weighted by Crippen LogP contribution is 2.15. The third kappa shape index (κ3) is 7.00. The molecule has 29 heavy (non-hydrogen) atoms. The molecule has 4 nitrogen and oxygen atoms in total. The molecule has 0 saturated heterocycles. The summed E-state index contributed by atoms with van der Waals surface area (Å²) in [5, 5.41) is 2.90. The summed E-state index contributed by atoms with van der Waals surface area (Å²) in [4.78, 5) is 27.3. The van der Waals surface area contributed by atoms with Gasteiger partial charge in [0.15, 0.2) is 0 Å². The fraction of sp³-hybridized carbons (Fsp3) is 0.417. The van der Waals surface area contributed by atoms with Gasteiger partial charge in [0.25, 0.3) is 0 Å². The Morgan fingerprint density at radius 2 is 1.66 bits per heavy atom. The van der Waals surface area contributed by atoms with Crippen LogP contribution in [0.15, 0.2) is 42.5 Å². The summed E-state index contributed by atoms with van der Waals surface area (Å²) < 4.78 is 13.3. The van der Waals surface area contributed by atoms with Crippen molar-refractivity contribution in [3.05, 3.63) is 70.5 Å². The van der Waals surface area contributed by atoms with Crippen LogP contribution in [-0.2, 0) is 22.6 Å². The molecule has 0 heterocycles. The third-order valence-corrected chi connectivity index (χ3v) is 4.90. The largest absolute Gasteiger partial charge is 0.354 e. The van der Waals surface area contributed by atoms with Crippen LogP contribution in [0.1, 0.15) is 48.9 Å². The van der Waals surface area contributed by atoms with Crippen LogP contribution in [0.3, 0.4) is 0 Å². The molecule has 0 aliphatic carbocycles. The van der Waals surface area contributed by atoms with Crippen LogP contribution in [0, 0.1) is 19.7 Å². The van der Waals surface area contributed by atoms with E-state index in [2.05, 4.69) is 18.3 Å². The predicted octanol–water partition coefficient (Wildman–Crippen LogP) is 4.32. The first-order valence-electron chi connectivity index (χ1n) is 10.2. The Labute approximate surface area is 173 Å². The van der Waals surface area contributed by atoms with E-state index in [1.807, 2.05) is 26.0 Å². The van der Waals surface area contributed by atoms with Gasteiger partial charge < -0.3 is 10.2 Å². The number of nitrogens with one attached hydrogen (secondary N) is 1.